The molecule has 0 spiro atoms. The Morgan fingerprint density at radius 1 is 1.40 bits per heavy atom. The Hall–Kier alpha value is -1.59. The predicted octanol–water partition coefficient (Wildman–Crippen LogP) is 1.45. The van der Waals surface area contributed by atoms with Crippen LogP contribution in [0, 0.1) is 0 Å². The number of nitrogens with one attached hydrogen (secondary N) is 1. The van der Waals surface area contributed by atoms with Gasteiger partial charge in [0.25, 0.3) is 5.91 Å². The van der Waals surface area contributed by atoms with Crippen molar-refractivity contribution in [2.24, 2.45) is 0 Å². The van der Waals surface area contributed by atoms with Gasteiger partial charge in [0.05, 0.1) is 12.5 Å². The van der Waals surface area contributed by atoms with E-state index < -0.39 is 0 Å². The van der Waals surface area contributed by atoms with Crippen molar-refractivity contribution in [1.29, 1.82) is 0 Å². The fraction of sp³-hybridized carbons (Fsp3) is 0.533. The van der Waals surface area contributed by atoms with Crippen molar-refractivity contribution in [2.75, 3.05) is 31.7 Å². The molecule has 5 heteroatoms. The van der Waals surface area contributed by atoms with Gasteiger partial charge in [-0.25, -0.2) is 5.48 Å². The summed E-state index contributed by atoms with van der Waals surface area (Å²) in [6.45, 7) is 2.14. The Kier molecular flexibility index (Phi) is 3.89. The summed E-state index contributed by atoms with van der Waals surface area (Å²) in [6, 6.07) is 8.06. The molecular weight excluding hydrogens is 256 g/mol. The van der Waals surface area contributed by atoms with E-state index in [0.717, 1.165) is 30.6 Å². The van der Waals surface area contributed by atoms with Gasteiger partial charge in [-0.1, -0.05) is 18.2 Å². The van der Waals surface area contributed by atoms with E-state index >= 15 is 0 Å². The zero-order chi connectivity index (χ0) is 13.9. The standard InChI is InChI=1S/C15H20N2O3/c1-17-8-6-13(12-4-2-3-5-14(12)17)15(18)16-20-11-7-9-19-10-11/h2-5,11,13H,6-10H2,1H3,(H,16,18). The van der Waals surface area contributed by atoms with Crippen molar-refractivity contribution in [3.05, 3.63) is 29.8 Å². The van der Waals surface area contributed by atoms with Gasteiger partial charge in [-0.15, -0.1) is 0 Å². The number of anilines is 1. The van der Waals surface area contributed by atoms with Crippen molar-refractivity contribution in [3.63, 3.8) is 0 Å². The molecule has 0 aromatic heterocycles. The van der Waals surface area contributed by atoms with E-state index in [2.05, 4.69) is 23.5 Å². The molecule has 1 aromatic carbocycles. The fourth-order valence-electron chi connectivity index (χ4n) is 2.82. The van der Waals surface area contributed by atoms with Gasteiger partial charge in [0.15, 0.2) is 0 Å². The number of ether oxygens (including phenoxy) is 1. The lowest BCUT2D eigenvalue weighted by molar-refractivity contribution is -0.140. The van der Waals surface area contributed by atoms with E-state index in [1.807, 2.05) is 18.2 Å². The van der Waals surface area contributed by atoms with Gasteiger partial charge in [-0.2, -0.15) is 0 Å². The van der Waals surface area contributed by atoms with Gasteiger partial charge >= 0.3 is 0 Å². The van der Waals surface area contributed by atoms with Gasteiger partial charge in [-0.3, -0.25) is 9.63 Å². The number of carbonyl (C=O) groups is 1. The molecule has 2 aliphatic rings. The van der Waals surface area contributed by atoms with Gasteiger partial charge in [0.2, 0.25) is 0 Å². The minimum absolute atomic E-state index is 0.0135. The highest BCUT2D eigenvalue weighted by Gasteiger charge is 2.29. The van der Waals surface area contributed by atoms with E-state index in [0.29, 0.717) is 13.2 Å². The predicted molar refractivity (Wildman–Crippen MR) is 75.5 cm³/mol. The highest BCUT2D eigenvalue weighted by Crippen LogP contribution is 2.34. The van der Waals surface area contributed by atoms with Gasteiger partial charge < -0.3 is 9.64 Å². The number of hydrogen-bond donors (Lipinski definition) is 1. The summed E-state index contributed by atoms with van der Waals surface area (Å²) in [5.41, 5.74) is 4.81. The molecule has 2 unspecified atom stereocenters. The number of carbonyl (C=O) groups excluding carboxylic acids is 1. The summed E-state index contributed by atoms with van der Waals surface area (Å²) in [5.74, 6) is -0.192. The first-order valence-corrected chi connectivity index (χ1v) is 7.09. The van der Waals surface area contributed by atoms with Crippen molar-refractivity contribution < 1.29 is 14.4 Å². The maximum absolute atomic E-state index is 12.3. The number of fused-ring (bicyclic) bond motifs is 1. The first-order chi connectivity index (χ1) is 9.75. The first kappa shape index (κ1) is 13.4. The molecule has 0 saturated carbocycles. The quantitative estimate of drug-likeness (QED) is 0.849. The molecule has 1 fully saturated rings. The van der Waals surface area contributed by atoms with Crippen molar-refractivity contribution >= 4 is 11.6 Å². The Balaban J connectivity index is 1.67. The fourth-order valence-corrected chi connectivity index (χ4v) is 2.82. The van der Waals surface area contributed by atoms with E-state index in [4.69, 9.17) is 9.57 Å². The normalized spacial score (nSPS) is 25.4. The zero-order valence-electron chi connectivity index (χ0n) is 11.7. The van der Waals surface area contributed by atoms with E-state index in [1.165, 1.54) is 0 Å². The van der Waals surface area contributed by atoms with E-state index in [1.54, 1.807) is 0 Å². The number of benzene rings is 1. The van der Waals surface area contributed by atoms with Crippen LogP contribution in [0.25, 0.3) is 0 Å². The molecule has 1 saturated heterocycles. The SMILES string of the molecule is CN1CCC(C(=O)NOC2CCOC2)c2ccccc21. The van der Waals surface area contributed by atoms with Crippen molar-refractivity contribution in [3.8, 4) is 0 Å². The maximum Gasteiger partial charge on any atom is 0.251 e. The molecule has 2 heterocycles. The summed E-state index contributed by atoms with van der Waals surface area (Å²) in [7, 11) is 2.05. The van der Waals surface area contributed by atoms with Crippen LogP contribution >= 0.6 is 0 Å². The van der Waals surface area contributed by atoms with Crippen LogP contribution in [0.3, 0.4) is 0 Å². The van der Waals surface area contributed by atoms with Crippen molar-refractivity contribution in [1.82, 2.24) is 5.48 Å². The molecule has 1 amide bonds. The number of amides is 1. The molecule has 1 N–H and O–H groups in total. The van der Waals surface area contributed by atoms with Crippen LogP contribution < -0.4 is 10.4 Å². The van der Waals surface area contributed by atoms with Gasteiger partial charge in [-0.05, 0) is 18.1 Å². The molecule has 20 heavy (non-hydrogen) atoms. The molecule has 3 rings (SSSR count). The minimum Gasteiger partial charge on any atom is -0.379 e. The lowest BCUT2D eigenvalue weighted by Gasteiger charge is -2.32. The minimum atomic E-state index is -0.135. The van der Waals surface area contributed by atoms with Crippen LogP contribution in [0.15, 0.2) is 24.3 Å². The average Bonchev–Trinajstić information content (AvgIpc) is 2.99. The maximum atomic E-state index is 12.3. The number of nitrogens with zero attached hydrogens (tertiary/aromatic N) is 1. The third-order valence-corrected chi connectivity index (χ3v) is 4.01. The Morgan fingerprint density at radius 2 is 2.25 bits per heavy atom. The van der Waals surface area contributed by atoms with Crippen LogP contribution in [-0.4, -0.2) is 38.8 Å². The number of hydroxylamine groups is 1. The Bertz CT molecular complexity index is 486. The first-order valence-electron chi connectivity index (χ1n) is 7.09. The van der Waals surface area contributed by atoms with Crippen LogP contribution in [0.4, 0.5) is 5.69 Å². The lowest BCUT2D eigenvalue weighted by Crippen LogP contribution is -2.38. The monoisotopic (exact) mass is 276 g/mol. The largest absolute Gasteiger partial charge is 0.379 e. The number of rotatable bonds is 3. The number of hydrogen-bond acceptors (Lipinski definition) is 4. The third kappa shape index (κ3) is 2.64. The Labute approximate surface area is 118 Å². The highest BCUT2D eigenvalue weighted by molar-refractivity contribution is 5.85. The van der Waals surface area contributed by atoms with E-state index in [-0.39, 0.29) is 17.9 Å². The van der Waals surface area contributed by atoms with Crippen molar-refractivity contribution in [2.45, 2.75) is 24.9 Å². The van der Waals surface area contributed by atoms with E-state index in [9.17, 15) is 4.79 Å². The molecule has 5 nitrogen and oxygen atoms in total. The lowest BCUT2D eigenvalue weighted by atomic mass is 9.89. The highest BCUT2D eigenvalue weighted by atomic mass is 16.7. The summed E-state index contributed by atoms with van der Waals surface area (Å²) >= 11 is 0. The molecule has 1 aromatic rings. The second-order valence-corrected chi connectivity index (χ2v) is 5.39. The second kappa shape index (κ2) is 5.81. The second-order valence-electron chi connectivity index (χ2n) is 5.39. The molecule has 2 aliphatic heterocycles. The summed E-state index contributed by atoms with van der Waals surface area (Å²) in [5, 5.41) is 0. The Morgan fingerprint density at radius 3 is 3.05 bits per heavy atom. The number of para-hydroxylation sites is 1. The summed E-state index contributed by atoms with van der Waals surface area (Å²) in [4.78, 5) is 19.9. The third-order valence-electron chi connectivity index (χ3n) is 4.01. The smallest absolute Gasteiger partial charge is 0.251 e. The zero-order valence-corrected chi connectivity index (χ0v) is 11.7. The molecule has 0 bridgehead atoms. The molecule has 0 radical (unpaired) electrons. The topological polar surface area (TPSA) is 50.8 Å². The van der Waals surface area contributed by atoms with Crippen LogP contribution in [0.2, 0.25) is 0 Å². The molecule has 2 atom stereocenters. The summed E-state index contributed by atoms with van der Waals surface area (Å²) in [6.07, 6.45) is 1.63. The summed E-state index contributed by atoms with van der Waals surface area (Å²) < 4.78 is 5.22. The van der Waals surface area contributed by atoms with Gasteiger partial charge in [0, 0.05) is 32.3 Å². The van der Waals surface area contributed by atoms with Crippen LogP contribution in [0.1, 0.15) is 24.3 Å². The molecular formula is C15H20N2O3. The molecule has 0 aliphatic carbocycles. The van der Waals surface area contributed by atoms with Gasteiger partial charge in [0.1, 0.15) is 6.10 Å². The average molecular weight is 276 g/mol. The molecule has 108 valence electrons. The van der Waals surface area contributed by atoms with Crippen LogP contribution in [-0.2, 0) is 14.4 Å². The van der Waals surface area contributed by atoms with Crippen LogP contribution in [0.5, 0.6) is 0 Å².